The van der Waals surface area contributed by atoms with Crippen LogP contribution in [0.2, 0.25) is 5.02 Å². The molecule has 2 rings (SSSR count). The molecule has 20 heavy (non-hydrogen) atoms. The minimum Gasteiger partial charge on any atom is -0.389 e. The summed E-state index contributed by atoms with van der Waals surface area (Å²) in [6.07, 6.45) is 1.41. The third kappa shape index (κ3) is 3.28. The summed E-state index contributed by atoms with van der Waals surface area (Å²) in [6.45, 7) is 0. The lowest BCUT2D eigenvalue weighted by Crippen LogP contribution is -2.15. The highest BCUT2D eigenvalue weighted by atomic mass is 35.5. The maximum Gasteiger partial charge on any atom is 0.274 e. The highest BCUT2D eigenvalue weighted by Gasteiger charge is 2.09. The van der Waals surface area contributed by atoms with Gasteiger partial charge in [0.15, 0.2) is 0 Å². The molecule has 0 spiro atoms. The number of carbonyl (C=O) groups excluding carboxylic acids is 1. The second-order valence-corrected chi connectivity index (χ2v) is 4.73. The minimum atomic E-state index is -0.552. The predicted molar refractivity (Wildman–Crippen MR) is 79.5 cm³/mol. The van der Waals surface area contributed by atoms with Gasteiger partial charge in [0, 0.05) is 17.4 Å². The highest BCUT2D eigenvalue weighted by molar-refractivity contribution is 7.80. The molecule has 102 valence electrons. The molecule has 0 aliphatic rings. The van der Waals surface area contributed by atoms with Crippen LogP contribution in [0, 0.1) is 5.82 Å². The summed E-state index contributed by atoms with van der Waals surface area (Å²) in [4.78, 5) is 16.1. The van der Waals surface area contributed by atoms with Gasteiger partial charge in [-0.2, -0.15) is 0 Å². The number of rotatable bonds is 3. The van der Waals surface area contributed by atoms with Crippen molar-refractivity contribution < 1.29 is 9.18 Å². The van der Waals surface area contributed by atoms with Gasteiger partial charge in [-0.15, -0.1) is 0 Å². The van der Waals surface area contributed by atoms with Crippen LogP contribution in [0.25, 0.3) is 0 Å². The first-order valence-electron chi connectivity index (χ1n) is 5.49. The number of thiocarbonyl (C=S) groups is 1. The van der Waals surface area contributed by atoms with Gasteiger partial charge in [0.2, 0.25) is 0 Å². The van der Waals surface area contributed by atoms with Crippen LogP contribution in [0.1, 0.15) is 16.1 Å². The number of aromatic nitrogens is 1. The topological polar surface area (TPSA) is 68.0 Å². The fraction of sp³-hybridized carbons (Fsp3) is 0. The molecule has 0 saturated heterocycles. The van der Waals surface area contributed by atoms with E-state index in [1.165, 1.54) is 30.5 Å². The molecule has 0 radical (unpaired) electrons. The van der Waals surface area contributed by atoms with Crippen LogP contribution in [-0.2, 0) is 0 Å². The Morgan fingerprint density at radius 2 is 2.10 bits per heavy atom. The Hall–Kier alpha value is -2.05. The van der Waals surface area contributed by atoms with Gasteiger partial charge in [0.05, 0.1) is 5.02 Å². The lowest BCUT2D eigenvalue weighted by molar-refractivity contribution is 0.102. The van der Waals surface area contributed by atoms with Crippen molar-refractivity contribution in [3.05, 3.63) is 58.6 Å². The van der Waals surface area contributed by atoms with Crippen molar-refractivity contribution in [1.82, 2.24) is 4.98 Å². The Balaban J connectivity index is 2.15. The number of halogens is 2. The number of benzene rings is 1. The Bertz CT molecular complexity index is 676. The predicted octanol–water partition coefficient (Wildman–Crippen LogP) is 2.76. The third-order valence-electron chi connectivity index (χ3n) is 2.46. The van der Waals surface area contributed by atoms with Gasteiger partial charge in [0.1, 0.15) is 16.5 Å². The van der Waals surface area contributed by atoms with Crippen molar-refractivity contribution >= 4 is 40.4 Å². The van der Waals surface area contributed by atoms with Gasteiger partial charge in [-0.1, -0.05) is 23.8 Å². The summed E-state index contributed by atoms with van der Waals surface area (Å²) >= 11 is 10.4. The SMILES string of the molecule is NC(=S)c1ccc(C(=O)Nc2ccc(F)c(Cl)c2)nc1. The molecular formula is C13H9ClFN3OS. The summed E-state index contributed by atoms with van der Waals surface area (Å²) in [5.74, 6) is -0.995. The molecule has 3 N–H and O–H groups in total. The zero-order chi connectivity index (χ0) is 14.7. The van der Waals surface area contributed by atoms with Crippen LogP contribution in [-0.4, -0.2) is 15.9 Å². The van der Waals surface area contributed by atoms with Crippen LogP contribution in [0.3, 0.4) is 0 Å². The van der Waals surface area contributed by atoms with E-state index in [-0.39, 0.29) is 15.7 Å². The molecule has 4 nitrogen and oxygen atoms in total. The molecule has 1 aromatic heterocycles. The van der Waals surface area contributed by atoms with Gasteiger partial charge in [-0.3, -0.25) is 9.78 Å². The number of hydrogen-bond acceptors (Lipinski definition) is 3. The summed E-state index contributed by atoms with van der Waals surface area (Å²) in [7, 11) is 0. The highest BCUT2D eigenvalue weighted by Crippen LogP contribution is 2.19. The van der Waals surface area contributed by atoms with Crippen molar-refractivity contribution in [3.8, 4) is 0 Å². The van der Waals surface area contributed by atoms with Gasteiger partial charge in [-0.25, -0.2) is 4.39 Å². The normalized spacial score (nSPS) is 10.1. The van der Waals surface area contributed by atoms with Crippen LogP contribution in [0.5, 0.6) is 0 Å². The van der Waals surface area contributed by atoms with E-state index in [0.717, 1.165) is 0 Å². The Morgan fingerprint density at radius 3 is 2.65 bits per heavy atom. The van der Waals surface area contributed by atoms with E-state index in [0.29, 0.717) is 11.3 Å². The van der Waals surface area contributed by atoms with Crippen molar-refractivity contribution in [1.29, 1.82) is 0 Å². The van der Waals surface area contributed by atoms with Gasteiger partial charge in [0.25, 0.3) is 5.91 Å². The van der Waals surface area contributed by atoms with Crippen molar-refractivity contribution in [2.24, 2.45) is 5.73 Å². The molecule has 1 heterocycles. The Kier molecular flexibility index (Phi) is 4.26. The van der Waals surface area contributed by atoms with E-state index in [4.69, 9.17) is 29.6 Å². The van der Waals surface area contributed by atoms with Crippen LogP contribution < -0.4 is 11.1 Å². The van der Waals surface area contributed by atoms with E-state index in [2.05, 4.69) is 10.3 Å². The smallest absolute Gasteiger partial charge is 0.274 e. The number of nitrogens with zero attached hydrogens (tertiary/aromatic N) is 1. The number of anilines is 1. The van der Waals surface area contributed by atoms with E-state index < -0.39 is 11.7 Å². The summed E-state index contributed by atoms with van der Waals surface area (Å²) < 4.78 is 13.0. The fourth-order valence-electron chi connectivity index (χ4n) is 1.44. The van der Waals surface area contributed by atoms with E-state index in [9.17, 15) is 9.18 Å². The molecule has 0 bridgehead atoms. The second kappa shape index (κ2) is 5.94. The average Bonchev–Trinajstić information content (AvgIpc) is 2.43. The molecular weight excluding hydrogens is 301 g/mol. The largest absolute Gasteiger partial charge is 0.389 e. The first-order valence-corrected chi connectivity index (χ1v) is 6.28. The van der Waals surface area contributed by atoms with Gasteiger partial charge >= 0.3 is 0 Å². The lowest BCUT2D eigenvalue weighted by Gasteiger charge is -2.06. The first-order chi connectivity index (χ1) is 9.47. The Morgan fingerprint density at radius 1 is 1.35 bits per heavy atom. The van der Waals surface area contributed by atoms with E-state index in [1.807, 2.05) is 0 Å². The molecule has 0 aliphatic carbocycles. The fourth-order valence-corrected chi connectivity index (χ4v) is 1.74. The molecule has 1 aromatic carbocycles. The molecule has 1 amide bonds. The van der Waals surface area contributed by atoms with Gasteiger partial charge in [-0.05, 0) is 30.3 Å². The summed E-state index contributed by atoms with van der Waals surface area (Å²) in [5, 5.41) is 2.49. The third-order valence-corrected chi connectivity index (χ3v) is 2.98. The van der Waals surface area contributed by atoms with Crippen LogP contribution in [0.15, 0.2) is 36.5 Å². The molecule has 7 heteroatoms. The maximum atomic E-state index is 13.0. The van der Waals surface area contributed by atoms with Crippen molar-refractivity contribution in [3.63, 3.8) is 0 Å². The zero-order valence-electron chi connectivity index (χ0n) is 10.1. The zero-order valence-corrected chi connectivity index (χ0v) is 11.6. The number of amides is 1. The number of pyridine rings is 1. The Labute approximate surface area is 124 Å². The van der Waals surface area contributed by atoms with Crippen molar-refractivity contribution in [2.75, 3.05) is 5.32 Å². The molecule has 0 atom stereocenters. The summed E-state index contributed by atoms with van der Waals surface area (Å²) in [5.41, 5.74) is 6.57. The van der Waals surface area contributed by atoms with Crippen molar-refractivity contribution in [2.45, 2.75) is 0 Å². The lowest BCUT2D eigenvalue weighted by atomic mass is 10.2. The molecule has 0 aliphatic heterocycles. The monoisotopic (exact) mass is 309 g/mol. The maximum absolute atomic E-state index is 13.0. The van der Waals surface area contributed by atoms with Crippen LogP contribution in [0.4, 0.5) is 10.1 Å². The first kappa shape index (κ1) is 14.4. The number of nitrogens with one attached hydrogen (secondary N) is 1. The number of carbonyl (C=O) groups is 1. The molecule has 0 unspecified atom stereocenters. The molecule has 0 fully saturated rings. The van der Waals surface area contributed by atoms with Gasteiger partial charge < -0.3 is 11.1 Å². The molecule has 0 saturated carbocycles. The van der Waals surface area contributed by atoms with E-state index >= 15 is 0 Å². The average molecular weight is 310 g/mol. The standard InChI is InChI=1S/C13H9ClFN3OS/c14-9-5-8(2-3-10(9)15)18-13(19)11-4-1-7(6-17-11)12(16)20/h1-6H,(H2,16,20)(H,18,19). The minimum absolute atomic E-state index is 0.0698. The second-order valence-electron chi connectivity index (χ2n) is 3.88. The van der Waals surface area contributed by atoms with E-state index in [1.54, 1.807) is 6.07 Å². The quantitative estimate of drug-likeness (QED) is 0.856. The number of hydrogen-bond donors (Lipinski definition) is 2. The number of nitrogens with two attached hydrogens (primary N) is 1. The van der Waals surface area contributed by atoms with Crippen LogP contribution >= 0.6 is 23.8 Å². The summed E-state index contributed by atoms with van der Waals surface area (Å²) in [6, 6.07) is 6.98. The molecule has 2 aromatic rings.